The summed E-state index contributed by atoms with van der Waals surface area (Å²) in [4.78, 5) is 2.81. The van der Waals surface area contributed by atoms with Crippen LogP contribution < -0.4 is 5.32 Å². The topological polar surface area (TPSA) is 15.3 Å². The molecule has 1 aliphatic heterocycles. The van der Waals surface area contributed by atoms with Crippen LogP contribution in [0.1, 0.15) is 78.1 Å². The van der Waals surface area contributed by atoms with Crippen molar-refractivity contribution in [3.8, 4) is 0 Å². The van der Waals surface area contributed by atoms with Crippen LogP contribution in [0.25, 0.3) is 0 Å². The molecule has 0 aromatic carbocycles. The van der Waals surface area contributed by atoms with Gasteiger partial charge < -0.3 is 5.32 Å². The van der Waals surface area contributed by atoms with Gasteiger partial charge in [-0.25, -0.2) is 0 Å². The Kier molecular flexibility index (Phi) is 6.35. The fraction of sp³-hybridized carbons (Fsp3) is 1.00. The van der Waals surface area contributed by atoms with E-state index < -0.39 is 0 Å². The largest absolute Gasteiger partial charge is 0.315 e. The lowest BCUT2D eigenvalue weighted by atomic mass is 9.76. The van der Waals surface area contributed by atoms with Gasteiger partial charge in [0.2, 0.25) is 0 Å². The second-order valence-electron chi connectivity index (χ2n) is 7.28. The molecule has 0 aromatic heterocycles. The molecule has 20 heavy (non-hydrogen) atoms. The van der Waals surface area contributed by atoms with E-state index in [-0.39, 0.29) is 0 Å². The molecule has 2 atom stereocenters. The smallest absolute Gasteiger partial charge is 0.0334 e. The van der Waals surface area contributed by atoms with E-state index in [4.69, 9.17) is 0 Å². The number of nitrogens with one attached hydrogen (secondary N) is 1. The molecule has 2 unspecified atom stereocenters. The summed E-state index contributed by atoms with van der Waals surface area (Å²) in [6.07, 6.45) is 14.2. The van der Waals surface area contributed by atoms with Gasteiger partial charge in [-0.2, -0.15) is 0 Å². The summed E-state index contributed by atoms with van der Waals surface area (Å²) in [6.45, 7) is 7.56. The number of rotatable bonds is 5. The number of hydrogen-bond donors (Lipinski definition) is 1. The van der Waals surface area contributed by atoms with Crippen molar-refractivity contribution in [3.63, 3.8) is 0 Å². The van der Waals surface area contributed by atoms with Crippen LogP contribution in [0.15, 0.2) is 0 Å². The number of likely N-dealkylation sites (N-methyl/N-ethyl adjacent to an activating group) is 1. The van der Waals surface area contributed by atoms with Crippen molar-refractivity contribution < 1.29 is 0 Å². The van der Waals surface area contributed by atoms with Crippen molar-refractivity contribution >= 4 is 0 Å². The van der Waals surface area contributed by atoms with E-state index in [1.807, 2.05) is 0 Å². The second-order valence-corrected chi connectivity index (χ2v) is 7.28. The van der Waals surface area contributed by atoms with Crippen LogP contribution in [0, 0.1) is 5.92 Å². The van der Waals surface area contributed by atoms with Gasteiger partial charge >= 0.3 is 0 Å². The fourth-order valence-electron chi connectivity index (χ4n) is 4.74. The number of hydrogen-bond acceptors (Lipinski definition) is 2. The third-order valence-electron chi connectivity index (χ3n) is 6.15. The molecule has 118 valence electrons. The summed E-state index contributed by atoms with van der Waals surface area (Å²) in [6, 6.07) is 0.670. The first-order valence-electron chi connectivity index (χ1n) is 9.14. The zero-order chi connectivity index (χ0) is 14.4. The number of nitrogens with zero attached hydrogens (tertiary/aromatic N) is 1. The third-order valence-corrected chi connectivity index (χ3v) is 6.15. The molecule has 0 aromatic rings. The molecular weight excluding hydrogens is 244 g/mol. The Hall–Kier alpha value is -0.0800. The standard InChI is InChI=1S/C18H36N2/c1-4-18(2,20-14-10-7-11-15-20)17(19-3)16-12-8-5-6-9-13-16/h16-17,19H,4-15H2,1-3H3. The fourth-order valence-corrected chi connectivity index (χ4v) is 4.74. The normalized spacial score (nSPS) is 27.8. The van der Waals surface area contributed by atoms with Gasteiger partial charge in [0.1, 0.15) is 0 Å². The summed E-state index contributed by atoms with van der Waals surface area (Å²) >= 11 is 0. The lowest BCUT2D eigenvalue weighted by Crippen LogP contribution is -2.62. The molecule has 2 nitrogen and oxygen atoms in total. The summed E-state index contributed by atoms with van der Waals surface area (Å²) in [7, 11) is 2.20. The molecule has 2 fully saturated rings. The lowest BCUT2D eigenvalue weighted by Gasteiger charge is -2.50. The van der Waals surface area contributed by atoms with Crippen molar-refractivity contribution in [2.45, 2.75) is 89.6 Å². The summed E-state index contributed by atoms with van der Waals surface area (Å²) in [5, 5.41) is 3.75. The maximum absolute atomic E-state index is 3.75. The van der Waals surface area contributed by atoms with Crippen molar-refractivity contribution in [2.75, 3.05) is 20.1 Å². The Labute approximate surface area is 126 Å². The first-order valence-corrected chi connectivity index (χ1v) is 9.14. The molecule has 2 rings (SSSR count). The minimum Gasteiger partial charge on any atom is -0.315 e. The predicted molar refractivity (Wildman–Crippen MR) is 88.2 cm³/mol. The molecule has 0 radical (unpaired) electrons. The average Bonchev–Trinajstić information content (AvgIpc) is 2.78. The molecule has 1 aliphatic carbocycles. The van der Waals surface area contributed by atoms with Crippen LogP contribution >= 0.6 is 0 Å². The zero-order valence-corrected chi connectivity index (χ0v) is 14.1. The van der Waals surface area contributed by atoms with Crippen molar-refractivity contribution in [3.05, 3.63) is 0 Å². The molecule has 1 saturated carbocycles. The van der Waals surface area contributed by atoms with Crippen LogP contribution in [0.4, 0.5) is 0 Å². The van der Waals surface area contributed by atoms with Gasteiger partial charge in [0.15, 0.2) is 0 Å². The second kappa shape index (κ2) is 7.79. The quantitative estimate of drug-likeness (QED) is 0.759. The monoisotopic (exact) mass is 280 g/mol. The van der Waals surface area contributed by atoms with Gasteiger partial charge in [0, 0.05) is 11.6 Å². The Morgan fingerprint density at radius 2 is 1.55 bits per heavy atom. The van der Waals surface area contributed by atoms with E-state index in [1.54, 1.807) is 0 Å². The molecule has 2 heteroatoms. The predicted octanol–water partition coefficient (Wildman–Crippen LogP) is 4.20. The molecule has 1 heterocycles. The van der Waals surface area contributed by atoms with Crippen LogP contribution in [-0.2, 0) is 0 Å². The van der Waals surface area contributed by atoms with E-state index in [1.165, 1.54) is 77.3 Å². The summed E-state index contributed by atoms with van der Waals surface area (Å²) in [5.41, 5.74) is 0.351. The highest BCUT2D eigenvalue weighted by Gasteiger charge is 2.41. The first kappa shape index (κ1) is 16.3. The maximum atomic E-state index is 3.75. The first-order chi connectivity index (χ1) is 9.72. The van der Waals surface area contributed by atoms with E-state index in [9.17, 15) is 0 Å². The van der Waals surface area contributed by atoms with Crippen LogP contribution in [0.3, 0.4) is 0 Å². The Morgan fingerprint density at radius 1 is 1.00 bits per heavy atom. The summed E-state index contributed by atoms with van der Waals surface area (Å²) in [5.74, 6) is 0.884. The average molecular weight is 280 g/mol. The molecular formula is C18H36N2. The summed E-state index contributed by atoms with van der Waals surface area (Å²) < 4.78 is 0. The molecule has 0 bridgehead atoms. The molecule has 1 saturated heterocycles. The van der Waals surface area contributed by atoms with Crippen LogP contribution in [0.5, 0.6) is 0 Å². The molecule has 2 aliphatic rings. The van der Waals surface area contributed by atoms with Gasteiger partial charge in [-0.15, -0.1) is 0 Å². The Morgan fingerprint density at radius 3 is 2.05 bits per heavy atom. The van der Waals surface area contributed by atoms with Crippen LogP contribution in [0.2, 0.25) is 0 Å². The number of piperidine rings is 1. The Balaban J connectivity index is 2.11. The minimum absolute atomic E-state index is 0.351. The molecule has 1 N–H and O–H groups in total. The van der Waals surface area contributed by atoms with Crippen LogP contribution in [-0.4, -0.2) is 36.6 Å². The zero-order valence-electron chi connectivity index (χ0n) is 14.1. The highest BCUT2D eigenvalue weighted by atomic mass is 15.2. The Bertz CT molecular complexity index is 265. The molecule has 0 amide bonds. The highest BCUT2D eigenvalue weighted by molar-refractivity contribution is 5.00. The maximum Gasteiger partial charge on any atom is 0.0334 e. The van der Waals surface area contributed by atoms with Gasteiger partial charge in [0.05, 0.1) is 0 Å². The van der Waals surface area contributed by atoms with Crippen molar-refractivity contribution in [1.29, 1.82) is 0 Å². The number of likely N-dealkylation sites (tertiary alicyclic amines) is 1. The SMILES string of the molecule is CCC(C)(C(NC)C1CCCCCC1)N1CCCCC1. The van der Waals surface area contributed by atoms with Gasteiger partial charge in [-0.05, 0) is 65.1 Å². The van der Waals surface area contributed by atoms with Gasteiger partial charge in [-0.3, -0.25) is 4.90 Å². The van der Waals surface area contributed by atoms with E-state index in [0.717, 1.165) is 5.92 Å². The van der Waals surface area contributed by atoms with E-state index in [2.05, 4.69) is 31.1 Å². The highest BCUT2D eigenvalue weighted by Crippen LogP contribution is 2.36. The minimum atomic E-state index is 0.351. The van der Waals surface area contributed by atoms with Crippen molar-refractivity contribution in [2.24, 2.45) is 5.92 Å². The van der Waals surface area contributed by atoms with Gasteiger partial charge in [-0.1, -0.05) is 39.0 Å². The molecule has 0 spiro atoms. The van der Waals surface area contributed by atoms with E-state index in [0.29, 0.717) is 11.6 Å². The lowest BCUT2D eigenvalue weighted by molar-refractivity contribution is 0.0227. The van der Waals surface area contributed by atoms with E-state index >= 15 is 0 Å². The van der Waals surface area contributed by atoms with Crippen molar-refractivity contribution in [1.82, 2.24) is 10.2 Å². The third kappa shape index (κ3) is 3.57. The van der Waals surface area contributed by atoms with Gasteiger partial charge in [0.25, 0.3) is 0 Å².